The number of anilines is 1. The molecule has 3 aromatic rings. The van der Waals surface area contributed by atoms with E-state index in [-0.39, 0.29) is 11.9 Å². The van der Waals surface area contributed by atoms with Crippen LogP contribution in [0.3, 0.4) is 0 Å². The SMILES string of the molecule is CCCCOC(=O)c1ccc(NC(=O)/C=C(\C)c2cc3c(C)c(C)oc3c(C)c2OCC)cc1. The molecule has 0 spiro atoms. The van der Waals surface area contributed by atoms with Crippen molar-refractivity contribution in [2.24, 2.45) is 0 Å². The molecule has 180 valence electrons. The Labute approximate surface area is 200 Å². The standard InChI is InChI=1S/C28H33NO5/c1-7-9-14-33-28(31)21-10-12-22(13-11-21)29-25(30)15-17(3)23-16-24-18(4)20(6)34-27(24)19(5)26(23)32-8-2/h10-13,15-16H,7-9,14H2,1-6H3,(H,29,30)/b17-15+. The van der Waals surface area contributed by atoms with Gasteiger partial charge in [0.15, 0.2) is 0 Å². The molecule has 34 heavy (non-hydrogen) atoms. The fraction of sp³-hybridized carbons (Fsp3) is 0.357. The summed E-state index contributed by atoms with van der Waals surface area (Å²) in [5.74, 6) is 0.961. The van der Waals surface area contributed by atoms with Gasteiger partial charge in [-0.2, -0.15) is 0 Å². The Kier molecular flexibility index (Phi) is 8.16. The van der Waals surface area contributed by atoms with Crippen LogP contribution in [-0.2, 0) is 9.53 Å². The fourth-order valence-corrected chi connectivity index (χ4v) is 3.77. The third-order valence-electron chi connectivity index (χ3n) is 5.83. The minimum Gasteiger partial charge on any atom is -0.493 e. The number of furan rings is 1. The molecule has 2 aromatic carbocycles. The molecular formula is C28H33NO5. The van der Waals surface area contributed by atoms with E-state index in [9.17, 15) is 9.59 Å². The highest BCUT2D eigenvalue weighted by molar-refractivity contribution is 6.05. The first-order valence-corrected chi connectivity index (χ1v) is 11.7. The predicted octanol–water partition coefficient (Wildman–Crippen LogP) is 6.76. The van der Waals surface area contributed by atoms with Crippen LogP contribution in [0.5, 0.6) is 5.75 Å². The van der Waals surface area contributed by atoms with E-state index in [1.807, 2.05) is 47.6 Å². The monoisotopic (exact) mass is 463 g/mol. The first-order valence-electron chi connectivity index (χ1n) is 11.7. The van der Waals surface area contributed by atoms with Crippen molar-refractivity contribution in [2.45, 2.75) is 54.4 Å². The van der Waals surface area contributed by atoms with Crippen molar-refractivity contribution in [1.29, 1.82) is 0 Å². The Bertz CT molecular complexity index is 1220. The average molecular weight is 464 g/mol. The highest BCUT2D eigenvalue weighted by Crippen LogP contribution is 2.38. The Morgan fingerprint density at radius 1 is 1.06 bits per heavy atom. The molecule has 0 radical (unpaired) electrons. The van der Waals surface area contributed by atoms with Crippen LogP contribution in [0.25, 0.3) is 16.5 Å². The number of fused-ring (bicyclic) bond motifs is 1. The molecule has 6 nitrogen and oxygen atoms in total. The van der Waals surface area contributed by atoms with Gasteiger partial charge in [0.25, 0.3) is 0 Å². The van der Waals surface area contributed by atoms with E-state index in [0.717, 1.165) is 57.6 Å². The summed E-state index contributed by atoms with van der Waals surface area (Å²) in [7, 11) is 0. The quantitative estimate of drug-likeness (QED) is 0.216. The lowest BCUT2D eigenvalue weighted by Gasteiger charge is -2.14. The molecule has 1 aromatic heterocycles. The van der Waals surface area contributed by atoms with Gasteiger partial charge in [0, 0.05) is 28.3 Å². The molecule has 0 aliphatic carbocycles. The summed E-state index contributed by atoms with van der Waals surface area (Å²) in [6.45, 7) is 12.7. The first kappa shape index (κ1) is 25.1. The Morgan fingerprint density at radius 2 is 1.76 bits per heavy atom. The molecule has 1 amide bonds. The number of esters is 1. The number of nitrogens with one attached hydrogen (secondary N) is 1. The molecule has 1 N–H and O–H groups in total. The summed E-state index contributed by atoms with van der Waals surface area (Å²) in [5, 5.41) is 3.87. The van der Waals surface area contributed by atoms with E-state index in [1.54, 1.807) is 30.3 Å². The van der Waals surface area contributed by atoms with E-state index < -0.39 is 0 Å². The number of carbonyl (C=O) groups is 2. The van der Waals surface area contributed by atoms with E-state index >= 15 is 0 Å². The van der Waals surface area contributed by atoms with Crippen LogP contribution in [0.2, 0.25) is 0 Å². The molecule has 0 fully saturated rings. The maximum Gasteiger partial charge on any atom is 0.338 e. The predicted molar refractivity (Wildman–Crippen MR) is 136 cm³/mol. The smallest absolute Gasteiger partial charge is 0.338 e. The van der Waals surface area contributed by atoms with Gasteiger partial charge in [-0.3, -0.25) is 4.79 Å². The Balaban J connectivity index is 1.81. The molecule has 0 saturated heterocycles. The average Bonchev–Trinajstić information content (AvgIpc) is 3.10. The summed E-state index contributed by atoms with van der Waals surface area (Å²) in [5.41, 5.74) is 5.49. The van der Waals surface area contributed by atoms with Crippen molar-refractivity contribution in [3.8, 4) is 5.75 Å². The lowest BCUT2D eigenvalue weighted by atomic mass is 9.98. The van der Waals surface area contributed by atoms with Gasteiger partial charge in [-0.25, -0.2) is 4.79 Å². The number of unbranched alkanes of at least 4 members (excludes halogenated alkanes) is 1. The molecule has 0 aliphatic rings. The maximum absolute atomic E-state index is 12.7. The summed E-state index contributed by atoms with van der Waals surface area (Å²) in [4.78, 5) is 24.8. The van der Waals surface area contributed by atoms with Crippen molar-refractivity contribution < 1.29 is 23.5 Å². The normalized spacial score (nSPS) is 11.5. The second-order valence-corrected chi connectivity index (χ2v) is 8.35. The third kappa shape index (κ3) is 5.50. The van der Waals surface area contributed by atoms with Crippen molar-refractivity contribution in [3.05, 3.63) is 64.4 Å². The van der Waals surface area contributed by atoms with Crippen molar-refractivity contribution in [3.63, 3.8) is 0 Å². The number of rotatable bonds is 9. The van der Waals surface area contributed by atoms with Crippen LogP contribution < -0.4 is 10.1 Å². The molecule has 0 unspecified atom stereocenters. The first-order chi connectivity index (χ1) is 16.3. The molecule has 1 heterocycles. The molecule has 0 aliphatic heterocycles. The van der Waals surface area contributed by atoms with Crippen LogP contribution in [0.1, 0.15) is 66.4 Å². The lowest BCUT2D eigenvalue weighted by molar-refractivity contribution is -0.111. The van der Waals surface area contributed by atoms with E-state index in [4.69, 9.17) is 13.9 Å². The van der Waals surface area contributed by atoms with Crippen LogP contribution in [-0.4, -0.2) is 25.1 Å². The molecule has 0 saturated carbocycles. The van der Waals surface area contributed by atoms with Crippen LogP contribution in [0.4, 0.5) is 5.69 Å². The fourth-order valence-electron chi connectivity index (χ4n) is 3.77. The van der Waals surface area contributed by atoms with Crippen LogP contribution in [0.15, 0.2) is 40.8 Å². The van der Waals surface area contributed by atoms with Crippen LogP contribution >= 0.6 is 0 Å². The zero-order chi connectivity index (χ0) is 24.8. The minimum atomic E-state index is -0.360. The summed E-state index contributed by atoms with van der Waals surface area (Å²) in [6.07, 6.45) is 3.35. The molecule has 0 bridgehead atoms. The number of allylic oxidation sites excluding steroid dienone is 1. The number of ether oxygens (including phenoxy) is 2. The van der Waals surface area contributed by atoms with E-state index in [1.165, 1.54) is 0 Å². The largest absolute Gasteiger partial charge is 0.493 e. The summed E-state index contributed by atoms with van der Waals surface area (Å²) >= 11 is 0. The van der Waals surface area contributed by atoms with Gasteiger partial charge in [-0.1, -0.05) is 13.3 Å². The van der Waals surface area contributed by atoms with Gasteiger partial charge in [-0.15, -0.1) is 0 Å². The van der Waals surface area contributed by atoms with Gasteiger partial charge < -0.3 is 19.2 Å². The third-order valence-corrected chi connectivity index (χ3v) is 5.83. The van der Waals surface area contributed by atoms with Crippen molar-refractivity contribution >= 4 is 34.1 Å². The highest BCUT2D eigenvalue weighted by Gasteiger charge is 2.19. The summed E-state index contributed by atoms with van der Waals surface area (Å²) < 4.78 is 17.1. The molecular weight excluding hydrogens is 430 g/mol. The molecule has 3 rings (SSSR count). The molecule has 0 atom stereocenters. The number of amides is 1. The zero-order valence-electron chi connectivity index (χ0n) is 20.8. The second kappa shape index (κ2) is 11.1. The number of hydrogen-bond acceptors (Lipinski definition) is 5. The molecule has 6 heteroatoms. The van der Waals surface area contributed by atoms with Crippen LogP contribution in [0, 0.1) is 20.8 Å². The summed E-state index contributed by atoms with van der Waals surface area (Å²) in [6, 6.07) is 8.70. The zero-order valence-corrected chi connectivity index (χ0v) is 20.8. The Morgan fingerprint density at radius 3 is 2.41 bits per heavy atom. The number of carbonyl (C=O) groups excluding carboxylic acids is 2. The maximum atomic E-state index is 12.7. The van der Waals surface area contributed by atoms with Gasteiger partial charge in [0.05, 0.1) is 18.8 Å². The minimum absolute atomic E-state index is 0.268. The van der Waals surface area contributed by atoms with Crippen molar-refractivity contribution in [1.82, 2.24) is 0 Å². The van der Waals surface area contributed by atoms with Gasteiger partial charge in [-0.05, 0) is 82.5 Å². The topological polar surface area (TPSA) is 77.8 Å². The Hall–Kier alpha value is -3.54. The number of aryl methyl sites for hydroxylation is 3. The van der Waals surface area contributed by atoms with Gasteiger partial charge in [0.1, 0.15) is 17.1 Å². The highest BCUT2D eigenvalue weighted by atomic mass is 16.5. The lowest BCUT2D eigenvalue weighted by Crippen LogP contribution is -2.10. The number of hydrogen-bond donors (Lipinski definition) is 1. The van der Waals surface area contributed by atoms with E-state index in [0.29, 0.717) is 24.5 Å². The number of benzene rings is 2. The van der Waals surface area contributed by atoms with Gasteiger partial charge in [0.2, 0.25) is 5.91 Å². The van der Waals surface area contributed by atoms with E-state index in [2.05, 4.69) is 5.32 Å². The van der Waals surface area contributed by atoms with Crippen molar-refractivity contribution in [2.75, 3.05) is 18.5 Å². The van der Waals surface area contributed by atoms with Gasteiger partial charge >= 0.3 is 5.97 Å². The second-order valence-electron chi connectivity index (χ2n) is 8.35.